The molecule has 0 aromatic heterocycles. The Hall–Kier alpha value is -1.79. The number of amides is 3. The van der Waals surface area contributed by atoms with Crippen LogP contribution in [0.4, 0.5) is 4.79 Å². The number of carboxylic acids is 1. The summed E-state index contributed by atoms with van der Waals surface area (Å²) in [5.74, 6) is -0.743. The van der Waals surface area contributed by atoms with E-state index in [0.29, 0.717) is 26.1 Å². The lowest BCUT2D eigenvalue weighted by molar-refractivity contribution is -0.138. The summed E-state index contributed by atoms with van der Waals surface area (Å²) in [6.45, 7) is 1.60. The molecule has 0 spiro atoms. The van der Waals surface area contributed by atoms with Gasteiger partial charge < -0.3 is 20.6 Å². The number of nitrogens with zero attached hydrogens (tertiary/aromatic N) is 1. The largest absolute Gasteiger partial charge is 0.481 e. The van der Waals surface area contributed by atoms with E-state index in [1.807, 2.05) is 0 Å². The Morgan fingerprint density at radius 1 is 1.40 bits per heavy atom. The summed E-state index contributed by atoms with van der Waals surface area (Å²) in [5.41, 5.74) is 0. The Balaban J connectivity index is 1.74. The van der Waals surface area contributed by atoms with Gasteiger partial charge in [0.1, 0.15) is 0 Å². The summed E-state index contributed by atoms with van der Waals surface area (Å²) in [6.07, 6.45) is 3.08. The predicted octanol–water partition coefficient (Wildman–Crippen LogP) is 0.161. The van der Waals surface area contributed by atoms with Gasteiger partial charge in [-0.05, 0) is 25.2 Å². The van der Waals surface area contributed by atoms with Gasteiger partial charge in [0.2, 0.25) is 5.91 Å². The summed E-state index contributed by atoms with van der Waals surface area (Å²) < 4.78 is 0. The zero-order valence-corrected chi connectivity index (χ0v) is 11.4. The van der Waals surface area contributed by atoms with Crippen molar-refractivity contribution in [2.45, 2.75) is 38.1 Å². The first-order chi connectivity index (χ1) is 9.54. The lowest BCUT2D eigenvalue weighted by atomic mass is 9.95. The van der Waals surface area contributed by atoms with E-state index in [1.165, 1.54) is 0 Å². The summed E-state index contributed by atoms with van der Waals surface area (Å²) in [5, 5.41) is 14.4. The minimum Gasteiger partial charge on any atom is -0.481 e. The number of carbonyl (C=O) groups is 3. The molecule has 0 aromatic rings. The van der Waals surface area contributed by atoms with Crippen molar-refractivity contribution in [1.82, 2.24) is 15.5 Å². The lowest BCUT2D eigenvalue weighted by Gasteiger charge is -2.32. The highest BCUT2D eigenvalue weighted by Crippen LogP contribution is 2.19. The van der Waals surface area contributed by atoms with Crippen molar-refractivity contribution in [2.75, 3.05) is 19.6 Å². The van der Waals surface area contributed by atoms with Crippen LogP contribution in [0.3, 0.4) is 0 Å². The Morgan fingerprint density at radius 2 is 2.20 bits per heavy atom. The maximum Gasteiger partial charge on any atom is 0.317 e. The first-order valence-electron chi connectivity index (χ1n) is 7.08. The second-order valence-electron chi connectivity index (χ2n) is 5.54. The molecule has 2 aliphatic heterocycles. The molecular weight excluding hydrogens is 262 g/mol. The molecule has 0 aliphatic carbocycles. The molecular formula is C13H21N3O4. The van der Waals surface area contributed by atoms with Crippen LogP contribution in [0.25, 0.3) is 0 Å². The van der Waals surface area contributed by atoms with Crippen molar-refractivity contribution < 1.29 is 19.5 Å². The molecule has 0 aromatic carbocycles. The Kier molecular flexibility index (Phi) is 4.81. The van der Waals surface area contributed by atoms with E-state index in [4.69, 9.17) is 5.11 Å². The third-order valence-electron chi connectivity index (χ3n) is 3.85. The van der Waals surface area contributed by atoms with Crippen LogP contribution in [0.15, 0.2) is 0 Å². The Bertz CT molecular complexity index is 399. The third-order valence-corrected chi connectivity index (χ3v) is 3.85. The number of carboxylic acid groups (broad SMARTS) is 1. The van der Waals surface area contributed by atoms with E-state index in [-0.39, 0.29) is 30.3 Å². The number of urea groups is 1. The van der Waals surface area contributed by atoms with Crippen LogP contribution in [-0.4, -0.2) is 53.6 Å². The maximum atomic E-state index is 12.0. The van der Waals surface area contributed by atoms with Crippen LogP contribution in [0, 0.1) is 5.92 Å². The molecule has 0 radical (unpaired) electrons. The normalized spacial score (nSPS) is 26.2. The molecule has 20 heavy (non-hydrogen) atoms. The molecule has 2 fully saturated rings. The van der Waals surface area contributed by atoms with Crippen molar-refractivity contribution in [3.8, 4) is 0 Å². The molecule has 3 N–H and O–H groups in total. The van der Waals surface area contributed by atoms with Crippen LogP contribution < -0.4 is 10.6 Å². The van der Waals surface area contributed by atoms with Gasteiger partial charge in [0.15, 0.2) is 0 Å². The summed E-state index contributed by atoms with van der Waals surface area (Å²) in [6, 6.07) is -0.146. The van der Waals surface area contributed by atoms with Gasteiger partial charge in [-0.25, -0.2) is 4.79 Å². The maximum absolute atomic E-state index is 12.0. The van der Waals surface area contributed by atoms with Crippen molar-refractivity contribution in [2.24, 2.45) is 5.92 Å². The highest BCUT2D eigenvalue weighted by molar-refractivity contribution is 5.79. The number of aliphatic carboxylic acids is 1. The van der Waals surface area contributed by atoms with E-state index in [1.54, 1.807) is 4.90 Å². The minimum atomic E-state index is -0.814. The smallest absolute Gasteiger partial charge is 0.317 e. The van der Waals surface area contributed by atoms with Gasteiger partial charge in [-0.2, -0.15) is 0 Å². The van der Waals surface area contributed by atoms with Crippen molar-refractivity contribution >= 4 is 17.9 Å². The lowest BCUT2D eigenvalue weighted by Crippen LogP contribution is -2.48. The van der Waals surface area contributed by atoms with Crippen LogP contribution >= 0.6 is 0 Å². The van der Waals surface area contributed by atoms with Crippen LogP contribution in [0.1, 0.15) is 32.1 Å². The van der Waals surface area contributed by atoms with Crippen LogP contribution in [0.2, 0.25) is 0 Å². The van der Waals surface area contributed by atoms with Gasteiger partial charge in [0.05, 0.1) is 0 Å². The van der Waals surface area contributed by atoms with Crippen molar-refractivity contribution in [3.05, 3.63) is 0 Å². The van der Waals surface area contributed by atoms with Gasteiger partial charge >= 0.3 is 12.0 Å². The molecule has 7 heteroatoms. The van der Waals surface area contributed by atoms with E-state index in [9.17, 15) is 14.4 Å². The summed E-state index contributed by atoms with van der Waals surface area (Å²) >= 11 is 0. The van der Waals surface area contributed by atoms with E-state index in [2.05, 4.69) is 10.6 Å². The molecule has 112 valence electrons. The molecule has 2 unspecified atom stereocenters. The number of carbonyl (C=O) groups excluding carboxylic acids is 2. The molecule has 2 saturated heterocycles. The molecule has 2 heterocycles. The molecule has 3 amide bonds. The molecule has 2 atom stereocenters. The number of piperidine rings is 1. The Morgan fingerprint density at radius 3 is 2.85 bits per heavy atom. The fourth-order valence-corrected chi connectivity index (χ4v) is 2.82. The number of hydrogen-bond donors (Lipinski definition) is 3. The van der Waals surface area contributed by atoms with Gasteiger partial charge in [0.25, 0.3) is 0 Å². The number of nitrogens with one attached hydrogen (secondary N) is 2. The van der Waals surface area contributed by atoms with Crippen molar-refractivity contribution in [1.29, 1.82) is 0 Å². The number of likely N-dealkylation sites (tertiary alicyclic amines) is 1. The van der Waals surface area contributed by atoms with Gasteiger partial charge in [-0.1, -0.05) is 0 Å². The fraction of sp³-hybridized carbons (Fsp3) is 0.769. The SMILES string of the molecule is O=C(O)CC1CCCN(C(=O)NCC2CCC(=O)N2)C1. The number of rotatable bonds is 4. The number of hydrogen-bond acceptors (Lipinski definition) is 3. The average molecular weight is 283 g/mol. The summed E-state index contributed by atoms with van der Waals surface area (Å²) in [4.78, 5) is 35.5. The van der Waals surface area contributed by atoms with Crippen LogP contribution in [-0.2, 0) is 9.59 Å². The molecule has 2 aliphatic rings. The molecule has 0 saturated carbocycles. The first-order valence-corrected chi connectivity index (χ1v) is 7.08. The van der Waals surface area contributed by atoms with Gasteiger partial charge in [-0.15, -0.1) is 0 Å². The molecule has 7 nitrogen and oxygen atoms in total. The highest BCUT2D eigenvalue weighted by Gasteiger charge is 2.26. The van der Waals surface area contributed by atoms with E-state index in [0.717, 1.165) is 19.3 Å². The molecule has 2 rings (SSSR count). The highest BCUT2D eigenvalue weighted by atomic mass is 16.4. The predicted molar refractivity (Wildman–Crippen MR) is 71.1 cm³/mol. The van der Waals surface area contributed by atoms with Crippen LogP contribution in [0.5, 0.6) is 0 Å². The van der Waals surface area contributed by atoms with Gasteiger partial charge in [0, 0.05) is 38.5 Å². The molecule has 0 bridgehead atoms. The average Bonchev–Trinajstić information content (AvgIpc) is 2.81. The zero-order valence-electron chi connectivity index (χ0n) is 11.4. The second-order valence-corrected chi connectivity index (χ2v) is 5.54. The van der Waals surface area contributed by atoms with Gasteiger partial charge in [-0.3, -0.25) is 9.59 Å². The Labute approximate surface area is 117 Å². The quantitative estimate of drug-likeness (QED) is 0.684. The second kappa shape index (κ2) is 6.58. The van der Waals surface area contributed by atoms with Crippen molar-refractivity contribution in [3.63, 3.8) is 0 Å². The van der Waals surface area contributed by atoms with E-state index >= 15 is 0 Å². The van der Waals surface area contributed by atoms with E-state index < -0.39 is 5.97 Å². The third kappa shape index (κ3) is 4.11. The monoisotopic (exact) mass is 283 g/mol. The topological polar surface area (TPSA) is 98.7 Å². The minimum absolute atomic E-state index is 0.0195. The standard InChI is InChI=1S/C13H21N3O4/c17-11-4-3-10(15-11)7-14-13(20)16-5-1-2-9(8-16)6-12(18)19/h9-10H,1-8H2,(H,14,20)(H,15,17)(H,18,19). The fourth-order valence-electron chi connectivity index (χ4n) is 2.82. The first kappa shape index (κ1) is 14.6. The summed E-state index contributed by atoms with van der Waals surface area (Å²) in [7, 11) is 0. The zero-order chi connectivity index (χ0) is 14.5.